The molecule has 1 aliphatic carbocycles. The van der Waals surface area contributed by atoms with Crippen molar-refractivity contribution in [2.45, 2.75) is 24.7 Å². The molecule has 0 radical (unpaired) electrons. The van der Waals surface area contributed by atoms with E-state index in [0.29, 0.717) is 11.3 Å². The van der Waals surface area contributed by atoms with Crippen LogP contribution in [0.4, 0.5) is 5.69 Å². The zero-order valence-electron chi connectivity index (χ0n) is 13.8. The summed E-state index contributed by atoms with van der Waals surface area (Å²) >= 11 is 0. The number of ether oxygens (including phenoxy) is 2. The predicted molar refractivity (Wildman–Crippen MR) is 94.1 cm³/mol. The Balaban J connectivity index is 1.86. The molecule has 0 amide bonds. The van der Waals surface area contributed by atoms with Gasteiger partial charge in [0.2, 0.25) is 10.0 Å². The molecule has 6 nitrogen and oxygen atoms in total. The number of benzene rings is 2. The summed E-state index contributed by atoms with van der Waals surface area (Å²) in [5.41, 5.74) is 1.16. The van der Waals surface area contributed by atoms with Crippen molar-refractivity contribution in [2.75, 3.05) is 11.8 Å². The van der Waals surface area contributed by atoms with E-state index < -0.39 is 16.0 Å². The largest absolute Gasteiger partial charge is 0.488 e. The molecule has 0 spiro atoms. The van der Waals surface area contributed by atoms with Crippen molar-refractivity contribution in [1.29, 1.82) is 0 Å². The van der Waals surface area contributed by atoms with Gasteiger partial charge in [0, 0.05) is 0 Å². The first kappa shape index (κ1) is 17.3. The van der Waals surface area contributed by atoms with E-state index in [9.17, 15) is 13.2 Å². The number of methoxy groups -OCH3 is 1. The molecule has 0 atom stereocenters. The molecule has 0 aliphatic heterocycles. The van der Waals surface area contributed by atoms with E-state index in [2.05, 4.69) is 4.72 Å². The van der Waals surface area contributed by atoms with Crippen LogP contribution in [-0.4, -0.2) is 27.6 Å². The van der Waals surface area contributed by atoms with Gasteiger partial charge >= 0.3 is 5.97 Å². The van der Waals surface area contributed by atoms with Crippen LogP contribution in [0.25, 0.3) is 0 Å². The number of anilines is 1. The van der Waals surface area contributed by atoms with Crippen LogP contribution in [0.2, 0.25) is 0 Å². The lowest BCUT2D eigenvalue weighted by atomic mass is 10.2. The summed E-state index contributed by atoms with van der Waals surface area (Å²) in [5.74, 6) is -0.299. The summed E-state index contributed by atoms with van der Waals surface area (Å²) in [6.07, 6.45) is 1.98. The van der Waals surface area contributed by atoms with Gasteiger partial charge in [-0.1, -0.05) is 30.3 Å². The SMILES string of the molecule is COC(=O)c1ccc(OC2CC2)c(NS(=O)(=O)Cc2ccccc2)c1. The lowest BCUT2D eigenvalue weighted by Gasteiger charge is -2.14. The maximum absolute atomic E-state index is 12.5. The van der Waals surface area contributed by atoms with Crippen molar-refractivity contribution >= 4 is 21.7 Å². The number of nitrogens with one attached hydrogen (secondary N) is 1. The quantitative estimate of drug-likeness (QED) is 0.767. The van der Waals surface area contributed by atoms with Gasteiger partial charge in [0.1, 0.15) is 5.75 Å². The second-order valence-corrected chi connectivity index (χ2v) is 7.59. The van der Waals surface area contributed by atoms with Crippen molar-refractivity contribution in [2.24, 2.45) is 0 Å². The monoisotopic (exact) mass is 361 g/mol. The van der Waals surface area contributed by atoms with E-state index in [1.165, 1.54) is 13.2 Å². The lowest BCUT2D eigenvalue weighted by Crippen LogP contribution is -2.16. The molecule has 2 aromatic carbocycles. The number of sulfonamides is 1. The minimum absolute atomic E-state index is 0.0985. The van der Waals surface area contributed by atoms with Crippen LogP contribution in [0.3, 0.4) is 0 Å². The van der Waals surface area contributed by atoms with Gasteiger partial charge in [0.05, 0.1) is 30.2 Å². The molecule has 0 heterocycles. The molecule has 0 saturated heterocycles. The average Bonchev–Trinajstić information content (AvgIpc) is 3.40. The van der Waals surface area contributed by atoms with Crippen LogP contribution in [0.1, 0.15) is 28.8 Å². The highest BCUT2D eigenvalue weighted by Gasteiger charge is 2.26. The topological polar surface area (TPSA) is 81.7 Å². The summed E-state index contributed by atoms with van der Waals surface area (Å²) in [5, 5.41) is 0. The van der Waals surface area contributed by atoms with E-state index in [4.69, 9.17) is 9.47 Å². The third-order valence-corrected chi connectivity index (χ3v) is 4.93. The summed E-state index contributed by atoms with van der Waals surface area (Å²) < 4.78 is 37.9. The van der Waals surface area contributed by atoms with Crippen LogP contribution in [-0.2, 0) is 20.5 Å². The second kappa shape index (κ2) is 7.14. The fourth-order valence-electron chi connectivity index (χ4n) is 2.32. The fraction of sp³-hybridized carbons (Fsp3) is 0.278. The third kappa shape index (κ3) is 4.73. The molecule has 1 N–H and O–H groups in total. The molecular weight excluding hydrogens is 342 g/mol. The third-order valence-electron chi connectivity index (χ3n) is 3.68. The van der Waals surface area contributed by atoms with Crippen LogP contribution < -0.4 is 9.46 Å². The summed E-state index contributed by atoms with van der Waals surface area (Å²) in [6, 6.07) is 13.5. The van der Waals surface area contributed by atoms with Gasteiger partial charge in [-0.05, 0) is 36.6 Å². The van der Waals surface area contributed by atoms with Crippen molar-refractivity contribution in [1.82, 2.24) is 0 Å². The molecule has 132 valence electrons. The number of hydrogen-bond acceptors (Lipinski definition) is 5. The molecule has 2 aromatic rings. The van der Waals surface area contributed by atoms with Crippen molar-refractivity contribution in [3.8, 4) is 5.75 Å². The van der Waals surface area contributed by atoms with E-state index >= 15 is 0 Å². The summed E-state index contributed by atoms with van der Waals surface area (Å²) in [4.78, 5) is 11.7. The van der Waals surface area contributed by atoms with Crippen molar-refractivity contribution in [3.05, 3.63) is 59.7 Å². The van der Waals surface area contributed by atoms with Gasteiger partial charge < -0.3 is 9.47 Å². The summed E-state index contributed by atoms with van der Waals surface area (Å²) in [7, 11) is -2.38. The zero-order valence-corrected chi connectivity index (χ0v) is 14.6. The Hall–Kier alpha value is -2.54. The van der Waals surface area contributed by atoms with Gasteiger partial charge in [-0.25, -0.2) is 13.2 Å². The number of rotatable bonds is 7. The Morgan fingerprint density at radius 2 is 1.88 bits per heavy atom. The van der Waals surface area contributed by atoms with Crippen LogP contribution in [0, 0.1) is 0 Å². The van der Waals surface area contributed by atoms with Crippen LogP contribution in [0.5, 0.6) is 5.75 Å². The maximum Gasteiger partial charge on any atom is 0.337 e. The average molecular weight is 361 g/mol. The smallest absolute Gasteiger partial charge is 0.337 e. The zero-order chi connectivity index (χ0) is 17.9. The lowest BCUT2D eigenvalue weighted by molar-refractivity contribution is 0.0600. The number of carbonyl (C=O) groups is 1. The minimum Gasteiger partial charge on any atom is -0.488 e. The molecule has 1 fully saturated rings. The van der Waals surface area contributed by atoms with E-state index in [-0.39, 0.29) is 23.1 Å². The van der Waals surface area contributed by atoms with E-state index in [1.807, 2.05) is 6.07 Å². The highest BCUT2D eigenvalue weighted by molar-refractivity contribution is 7.91. The van der Waals surface area contributed by atoms with Crippen molar-refractivity contribution in [3.63, 3.8) is 0 Å². The first-order valence-corrected chi connectivity index (χ1v) is 9.55. The molecule has 0 bridgehead atoms. The Labute approximate surface area is 146 Å². The van der Waals surface area contributed by atoms with E-state index in [1.54, 1.807) is 36.4 Å². The van der Waals surface area contributed by atoms with Gasteiger partial charge in [-0.3, -0.25) is 4.72 Å². The first-order chi connectivity index (χ1) is 12.0. The normalized spacial score (nSPS) is 14.0. The molecule has 25 heavy (non-hydrogen) atoms. The molecule has 7 heteroatoms. The Morgan fingerprint density at radius 3 is 2.52 bits per heavy atom. The van der Waals surface area contributed by atoms with Gasteiger partial charge in [0.25, 0.3) is 0 Å². The molecule has 3 rings (SSSR count). The van der Waals surface area contributed by atoms with E-state index in [0.717, 1.165) is 12.8 Å². The summed E-state index contributed by atoms with van der Waals surface area (Å²) in [6.45, 7) is 0. The standard InChI is InChI=1S/C18H19NO5S/c1-23-18(20)14-7-10-17(24-15-8-9-15)16(11-14)19-25(21,22)12-13-5-3-2-4-6-13/h2-7,10-11,15,19H,8-9,12H2,1H3. The fourth-order valence-corrected chi connectivity index (χ4v) is 3.52. The number of hydrogen-bond donors (Lipinski definition) is 1. The molecule has 1 aliphatic rings. The highest BCUT2D eigenvalue weighted by Crippen LogP contribution is 2.33. The number of esters is 1. The second-order valence-electron chi connectivity index (χ2n) is 5.87. The maximum atomic E-state index is 12.5. The molecule has 0 aromatic heterocycles. The Bertz CT molecular complexity index is 860. The molecule has 1 saturated carbocycles. The number of carbonyl (C=O) groups excluding carboxylic acids is 1. The van der Waals surface area contributed by atoms with Gasteiger partial charge in [-0.2, -0.15) is 0 Å². The molecular formula is C18H19NO5S. The van der Waals surface area contributed by atoms with Gasteiger partial charge in [0.15, 0.2) is 0 Å². The Kier molecular flexibility index (Phi) is 4.94. The predicted octanol–water partition coefficient (Wildman–Crippen LogP) is 2.96. The van der Waals surface area contributed by atoms with Gasteiger partial charge in [-0.15, -0.1) is 0 Å². The first-order valence-electron chi connectivity index (χ1n) is 7.90. The van der Waals surface area contributed by atoms with Crippen LogP contribution in [0.15, 0.2) is 48.5 Å². The van der Waals surface area contributed by atoms with Crippen LogP contribution >= 0.6 is 0 Å². The Morgan fingerprint density at radius 1 is 1.16 bits per heavy atom. The highest BCUT2D eigenvalue weighted by atomic mass is 32.2. The molecule has 0 unspecified atom stereocenters. The van der Waals surface area contributed by atoms with Crippen molar-refractivity contribution < 1.29 is 22.7 Å². The minimum atomic E-state index is -3.66.